The number of hydrogen-bond acceptors (Lipinski definition) is 2. The molecular weight excluding hydrogens is 264 g/mol. The average Bonchev–Trinajstić information content (AvgIpc) is 2.29. The van der Waals surface area contributed by atoms with Gasteiger partial charge in [0, 0.05) is 17.4 Å². The van der Waals surface area contributed by atoms with Gasteiger partial charge in [-0.15, -0.1) is 0 Å². The second kappa shape index (κ2) is 7.43. The van der Waals surface area contributed by atoms with Gasteiger partial charge in [-0.1, -0.05) is 28.1 Å². The molecule has 0 aromatic heterocycles. The topological polar surface area (TPSA) is 27.0 Å². The summed E-state index contributed by atoms with van der Waals surface area (Å²) < 4.78 is 1.12. The molecule has 0 unspecified atom stereocenters. The Hall–Kier alpha value is -0.850. The number of hydrogen-bond donors (Lipinski definition) is 0. The van der Waals surface area contributed by atoms with E-state index < -0.39 is 0 Å². The Balaban J connectivity index is 2.23. The van der Waals surface area contributed by atoms with Gasteiger partial charge < -0.3 is 4.90 Å². The van der Waals surface area contributed by atoms with Gasteiger partial charge >= 0.3 is 0 Å². The van der Waals surface area contributed by atoms with Crippen molar-refractivity contribution in [2.75, 3.05) is 20.1 Å². The van der Waals surface area contributed by atoms with Gasteiger partial charge in [-0.25, -0.2) is 0 Å². The average molecular weight is 281 g/mol. The van der Waals surface area contributed by atoms with Gasteiger partial charge in [0.05, 0.1) is 6.07 Å². The van der Waals surface area contributed by atoms with Crippen LogP contribution in [0.4, 0.5) is 0 Å². The molecule has 16 heavy (non-hydrogen) atoms. The first-order chi connectivity index (χ1) is 7.72. The predicted molar refractivity (Wildman–Crippen MR) is 70.2 cm³/mol. The molecule has 86 valence electrons. The third-order valence-electron chi connectivity index (χ3n) is 2.52. The molecule has 0 heterocycles. The van der Waals surface area contributed by atoms with Crippen LogP contribution in [0.2, 0.25) is 0 Å². The van der Waals surface area contributed by atoms with E-state index >= 15 is 0 Å². The molecule has 0 bridgehead atoms. The van der Waals surface area contributed by atoms with Crippen LogP contribution in [0.1, 0.15) is 18.4 Å². The first-order valence-corrected chi connectivity index (χ1v) is 6.31. The first kappa shape index (κ1) is 13.2. The van der Waals surface area contributed by atoms with Gasteiger partial charge in [-0.05, 0) is 44.1 Å². The fourth-order valence-corrected chi connectivity index (χ4v) is 1.78. The normalized spacial score (nSPS) is 10.4. The molecule has 0 aliphatic heterocycles. The summed E-state index contributed by atoms with van der Waals surface area (Å²) >= 11 is 3.43. The number of unbranched alkanes of at least 4 members (excludes halogenated alkanes) is 1. The van der Waals surface area contributed by atoms with E-state index in [0.717, 1.165) is 30.4 Å². The predicted octanol–water partition coefficient (Wildman–Crippen LogP) is 3.23. The van der Waals surface area contributed by atoms with Crippen LogP contribution in [0.25, 0.3) is 0 Å². The lowest BCUT2D eigenvalue weighted by Gasteiger charge is -2.15. The molecule has 0 aliphatic rings. The Morgan fingerprint density at radius 1 is 1.25 bits per heavy atom. The maximum absolute atomic E-state index is 8.44. The third kappa shape index (κ3) is 5.29. The summed E-state index contributed by atoms with van der Waals surface area (Å²) in [6.07, 6.45) is 2.69. The maximum atomic E-state index is 8.44. The van der Waals surface area contributed by atoms with Crippen molar-refractivity contribution in [3.63, 3.8) is 0 Å². The highest BCUT2D eigenvalue weighted by atomic mass is 79.9. The second-order valence-electron chi connectivity index (χ2n) is 3.94. The summed E-state index contributed by atoms with van der Waals surface area (Å²) in [5.41, 5.74) is 1.36. The molecule has 0 atom stereocenters. The molecule has 3 heteroatoms. The number of halogens is 1. The molecule has 0 amide bonds. The van der Waals surface area contributed by atoms with E-state index in [1.807, 2.05) is 0 Å². The summed E-state index contributed by atoms with van der Waals surface area (Å²) in [7, 11) is 2.11. The smallest absolute Gasteiger partial charge is 0.0622 e. The van der Waals surface area contributed by atoms with Crippen molar-refractivity contribution in [2.24, 2.45) is 0 Å². The fraction of sp³-hybridized carbons (Fsp3) is 0.462. The zero-order valence-corrected chi connectivity index (χ0v) is 11.2. The molecule has 0 N–H and O–H groups in total. The van der Waals surface area contributed by atoms with Crippen LogP contribution in [0.15, 0.2) is 28.7 Å². The molecule has 1 rings (SSSR count). The Kier molecular flexibility index (Phi) is 6.14. The first-order valence-electron chi connectivity index (χ1n) is 5.52. The number of rotatable bonds is 6. The Labute approximate surface area is 106 Å². The number of nitriles is 1. The lowest BCUT2D eigenvalue weighted by atomic mass is 10.1. The van der Waals surface area contributed by atoms with Crippen molar-refractivity contribution in [3.05, 3.63) is 34.3 Å². The minimum absolute atomic E-state index is 0.655. The van der Waals surface area contributed by atoms with Crippen molar-refractivity contribution >= 4 is 15.9 Å². The number of benzene rings is 1. The second-order valence-corrected chi connectivity index (χ2v) is 4.86. The highest BCUT2D eigenvalue weighted by Gasteiger charge is 1.99. The molecule has 1 aromatic rings. The molecule has 0 aliphatic carbocycles. The van der Waals surface area contributed by atoms with Gasteiger partial charge in [0.1, 0.15) is 0 Å². The molecular formula is C13H17BrN2. The third-order valence-corrected chi connectivity index (χ3v) is 3.05. The van der Waals surface area contributed by atoms with Crippen LogP contribution in [-0.2, 0) is 6.42 Å². The van der Waals surface area contributed by atoms with Gasteiger partial charge in [-0.3, -0.25) is 0 Å². The standard InChI is InChI=1S/C13H17BrN2/c1-16(10-3-2-9-15)11-8-12-4-6-13(14)7-5-12/h4-7H,2-3,8,10-11H2,1H3. The van der Waals surface area contributed by atoms with Crippen LogP contribution in [-0.4, -0.2) is 25.0 Å². The van der Waals surface area contributed by atoms with Crippen molar-refractivity contribution in [1.82, 2.24) is 4.90 Å². The van der Waals surface area contributed by atoms with Crippen molar-refractivity contribution in [3.8, 4) is 6.07 Å². The summed E-state index contributed by atoms with van der Waals surface area (Å²) in [6.45, 7) is 2.05. The van der Waals surface area contributed by atoms with E-state index in [1.54, 1.807) is 0 Å². The Bertz CT molecular complexity index is 340. The minimum atomic E-state index is 0.655. The van der Waals surface area contributed by atoms with Crippen LogP contribution < -0.4 is 0 Å². The van der Waals surface area contributed by atoms with E-state index in [-0.39, 0.29) is 0 Å². The molecule has 0 saturated heterocycles. The number of likely N-dealkylation sites (N-methyl/N-ethyl adjacent to an activating group) is 1. The van der Waals surface area contributed by atoms with Crippen LogP contribution in [0.5, 0.6) is 0 Å². The maximum Gasteiger partial charge on any atom is 0.0622 e. The molecule has 2 nitrogen and oxygen atoms in total. The zero-order valence-electron chi connectivity index (χ0n) is 9.62. The van der Waals surface area contributed by atoms with Crippen molar-refractivity contribution < 1.29 is 0 Å². The van der Waals surface area contributed by atoms with Crippen LogP contribution in [0.3, 0.4) is 0 Å². The largest absolute Gasteiger partial charge is 0.306 e. The van der Waals surface area contributed by atoms with E-state index in [9.17, 15) is 0 Å². The molecule has 0 saturated carbocycles. The van der Waals surface area contributed by atoms with Crippen molar-refractivity contribution in [1.29, 1.82) is 5.26 Å². The minimum Gasteiger partial charge on any atom is -0.306 e. The van der Waals surface area contributed by atoms with Gasteiger partial charge in [-0.2, -0.15) is 5.26 Å². The lowest BCUT2D eigenvalue weighted by Crippen LogP contribution is -2.22. The Morgan fingerprint density at radius 2 is 1.94 bits per heavy atom. The zero-order chi connectivity index (χ0) is 11.8. The van der Waals surface area contributed by atoms with Crippen LogP contribution >= 0.6 is 15.9 Å². The quantitative estimate of drug-likeness (QED) is 0.748. The fourth-order valence-electron chi connectivity index (χ4n) is 1.51. The Morgan fingerprint density at radius 3 is 2.56 bits per heavy atom. The van der Waals surface area contributed by atoms with E-state index in [0.29, 0.717) is 6.42 Å². The van der Waals surface area contributed by atoms with Crippen molar-refractivity contribution in [2.45, 2.75) is 19.3 Å². The summed E-state index contributed by atoms with van der Waals surface area (Å²) in [6, 6.07) is 10.6. The van der Waals surface area contributed by atoms with Gasteiger partial charge in [0.2, 0.25) is 0 Å². The highest BCUT2D eigenvalue weighted by Crippen LogP contribution is 2.11. The molecule has 0 radical (unpaired) electrons. The van der Waals surface area contributed by atoms with E-state index in [2.05, 4.69) is 58.2 Å². The van der Waals surface area contributed by atoms with Gasteiger partial charge in [0.25, 0.3) is 0 Å². The van der Waals surface area contributed by atoms with Crippen LogP contribution in [0, 0.1) is 11.3 Å². The molecule has 0 spiro atoms. The lowest BCUT2D eigenvalue weighted by molar-refractivity contribution is 0.335. The monoisotopic (exact) mass is 280 g/mol. The SMILES string of the molecule is CN(CCCC#N)CCc1ccc(Br)cc1. The molecule has 0 fully saturated rings. The highest BCUT2D eigenvalue weighted by molar-refractivity contribution is 9.10. The van der Waals surface area contributed by atoms with Gasteiger partial charge in [0.15, 0.2) is 0 Å². The summed E-state index contributed by atoms with van der Waals surface area (Å²) in [5, 5.41) is 8.44. The molecule has 1 aromatic carbocycles. The summed E-state index contributed by atoms with van der Waals surface area (Å²) in [5.74, 6) is 0. The number of nitrogens with zero attached hydrogens (tertiary/aromatic N) is 2. The van der Waals surface area contributed by atoms with E-state index in [1.165, 1.54) is 5.56 Å². The van der Waals surface area contributed by atoms with E-state index in [4.69, 9.17) is 5.26 Å². The summed E-state index contributed by atoms with van der Waals surface area (Å²) in [4.78, 5) is 2.28.